The molecule has 1 saturated carbocycles. The van der Waals surface area contributed by atoms with Crippen LogP contribution in [0.2, 0.25) is 0 Å². The summed E-state index contributed by atoms with van der Waals surface area (Å²) in [4.78, 5) is 4.63. The average Bonchev–Trinajstić information content (AvgIpc) is 3.03. The monoisotopic (exact) mass is 241 g/mol. The minimum atomic E-state index is 0.0280. The first-order chi connectivity index (χ1) is 8.88. The summed E-state index contributed by atoms with van der Waals surface area (Å²) in [5.41, 5.74) is 1.34. The Kier molecular flexibility index (Phi) is 2.08. The summed E-state index contributed by atoms with van der Waals surface area (Å²) in [7, 11) is 0. The molecule has 2 fully saturated rings. The fourth-order valence-electron chi connectivity index (χ4n) is 2.58. The molecule has 0 atom stereocenters. The van der Waals surface area contributed by atoms with Crippen LogP contribution in [0.3, 0.4) is 0 Å². The standard InChI is InChI=1S/C14H15N3O/c1-2-4-11(5-3-1)14(6-7-14)13-16-12(18-17-13)10-8-15-9-10/h1-5,10,15H,6-9H2. The third kappa shape index (κ3) is 1.42. The molecule has 4 heteroatoms. The Morgan fingerprint density at radius 3 is 2.56 bits per heavy atom. The molecule has 0 radical (unpaired) electrons. The summed E-state index contributed by atoms with van der Waals surface area (Å²) in [6.45, 7) is 1.92. The summed E-state index contributed by atoms with van der Waals surface area (Å²) in [5, 5.41) is 7.44. The highest BCUT2D eigenvalue weighted by Gasteiger charge is 2.50. The highest BCUT2D eigenvalue weighted by atomic mass is 16.5. The molecule has 0 unspecified atom stereocenters. The number of hydrogen-bond donors (Lipinski definition) is 1. The second-order valence-corrected chi connectivity index (χ2v) is 5.26. The predicted octanol–water partition coefficient (Wildman–Crippen LogP) is 1.84. The van der Waals surface area contributed by atoms with Gasteiger partial charge in [0.15, 0.2) is 5.82 Å². The van der Waals surface area contributed by atoms with E-state index in [1.165, 1.54) is 5.56 Å². The lowest BCUT2D eigenvalue weighted by Crippen LogP contribution is -2.40. The molecular weight excluding hydrogens is 226 g/mol. The van der Waals surface area contributed by atoms with Crippen LogP contribution in [0, 0.1) is 0 Å². The van der Waals surface area contributed by atoms with Crippen molar-refractivity contribution < 1.29 is 4.52 Å². The van der Waals surface area contributed by atoms with E-state index in [2.05, 4.69) is 39.7 Å². The summed E-state index contributed by atoms with van der Waals surface area (Å²) < 4.78 is 5.42. The fourth-order valence-corrected chi connectivity index (χ4v) is 2.58. The maximum Gasteiger partial charge on any atom is 0.232 e. The van der Waals surface area contributed by atoms with Gasteiger partial charge in [-0.25, -0.2) is 0 Å². The quantitative estimate of drug-likeness (QED) is 0.890. The molecule has 2 heterocycles. The van der Waals surface area contributed by atoms with Gasteiger partial charge >= 0.3 is 0 Å². The predicted molar refractivity (Wildman–Crippen MR) is 66.4 cm³/mol. The highest BCUT2D eigenvalue weighted by molar-refractivity contribution is 5.38. The van der Waals surface area contributed by atoms with E-state index in [1.54, 1.807) is 0 Å². The molecule has 18 heavy (non-hydrogen) atoms. The summed E-state index contributed by atoms with van der Waals surface area (Å²) in [6.07, 6.45) is 2.25. The molecule has 0 spiro atoms. The van der Waals surface area contributed by atoms with Gasteiger partial charge in [0.25, 0.3) is 0 Å². The first-order valence-electron chi connectivity index (χ1n) is 6.49. The van der Waals surface area contributed by atoms with Gasteiger partial charge < -0.3 is 9.84 Å². The van der Waals surface area contributed by atoms with E-state index < -0.39 is 0 Å². The summed E-state index contributed by atoms with van der Waals surface area (Å²) in [5.74, 6) is 2.08. The van der Waals surface area contributed by atoms with Crippen molar-refractivity contribution in [1.82, 2.24) is 15.5 Å². The number of benzene rings is 1. The van der Waals surface area contributed by atoms with Crippen molar-refractivity contribution >= 4 is 0 Å². The zero-order valence-corrected chi connectivity index (χ0v) is 10.1. The van der Waals surface area contributed by atoms with Gasteiger partial charge in [-0.2, -0.15) is 4.98 Å². The molecule has 1 aromatic carbocycles. The SMILES string of the molecule is c1ccc(C2(c3noc(C4CNC4)n3)CC2)cc1. The van der Waals surface area contributed by atoms with Crippen LogP contribution in [0.25, 0.3) is 0 Å². The lowest BCUT2D eigenvalue weighted by atomic mass is 9.95. The van der Waals surface area contributed by atoms with Gasteiger partial charge in [0.2, 0.25) is 5.89 Å². The number of rotatable bonds is 3. The molecule has 1 aliphatic carbocycles. The largest absolute Gasteiger partial charge is 0.339 e. The number of nitrogens with zero attached hydrogens (tertiary/aromatic N) is 2. The maximum absolute atomic E-state index is 5.42. The second-order valence-electron chi connectivity index (χ2n) is 5.26. The van der Waals surface area contributed by atoms with Crippen LogP contribution in [-0.4, -0.2) is 23.2 Å². The average molecular weight is 241 g/mol. The maximum atomic E-state index is 5.42. The fraction of sp³-hybridized carbons (Fsp3) is 0.429. The van der Waals surface area contributed by atoms with E-state index in [0.717, 1.165) is 37.6 Å². The third-order valence-electron chi connectivity index (χ3n) is 4.08. The molecule has 2 aliphatic rings. The van der Waals surface area contributed by atoms with Gasteiger partial charge in [-0.1, -0.05) is 35.5 Å². The van der Waals surface area contributed by atoms with E-state index in [-0.39, 0.29) is 5.41 Å². The highest BCUT2D eigenvalue weighted by Crippen LogP contribution is 2.52. The topological polar surface area (TPSA) is 51.0 Å². The van der Waals surface area contributed by atoms with Crippen LogP contribution in [0.5, 0.6) is 0 Å². The molecule has 0 amide bonds. The smallest absolute Gasteiger partial charge is 0.232 e. The van der Waals surface area contributed by atoms with E-state index >= 15 is 0 Å². The van der Waals surface area contributed by atoms with E-state index in [9.17, 15) is 0 Å². The van der Waals surface area contributed by atoms with E-state index in [1.807, 2.05) is 6.07 Å². The van der Waals surface area contributed by atoms with Gasteiger partial charge in [-0.3, -0.25) is 0 Å². The lowest BCUT2D eigenvalue weighted by Gasteiger charge is -2.22. The van der Waals surface area contributed by atoms with Crippen molar-refractivity contribution in [3.8, 4) is 0 Å². The minimum Gasteiger partial charge on any atom is -0.339 e. The van der Waals surface area contributed by atoms with E-state index in [0.29, 0.717) is 5.92 Å². The van der Waals surface area contributed by atoms with Crippen LogP contribution < -0.4 is 5.32 Å². The van der Waals surface area contributed by atoms with Crippen LogP contribution in [-0.2, 0) is 5.41 Å². The van der Waals surface area contributed by atoms with Crippen molar-refractivity contribution in [2.75, 3.05) is 13.1 Å². The molecule has 4 nitrogen and oxygen atoms in total. The van der Waals surface area contributed by atoms with Gasteiger partial charge in [-0.05, 0) is 18.4 Å². The Labute approximate surface area is 105 Å². The molecule has 2 aromatic rings. The molecule has 1 saturated heterocycles. The van der Waals surface area contributed by atoms with Gasteiger partial charge in [0.1, 0.15) is 0 Å². The summed E-state index contributed by atoms with van der Waals surface area (Å²) in [6, 6.07) is 10.5. The lowest BCUT2D eigenvalue weighted by molar-refractivity contribution is 0.305. The van der Waals surface area contributed by atoms with Crippen molar-refractivity contribution in [2.24, 2.45) is 0 Å². The Morgan fingerprint density at radius 2 is 1.94 bits per heavy atom. The summed E-state index contributed by atoms with van der Waals surface area (Å²) >= 11 is 0. The van der Waals surface area contributed by atoms with Gasteiger partial charge in [-0.15, -0.1) is 0 Å². The van der Waals surface area contributed by atoms with Crippen molar-refractivity contribution in [2.45, 2.75) is 24.2 Å². The number of aromatic nitrogens is 2. The van der Waals surface area contributed by atoms with Crippen molar-refractivity contribution in [3.05, 3.63) is 47.6 Å². The van der Waals surface area contributed by atoms with Crippen molar-refractivity contribution in [3.63, 3.8) is 0 Å². The van der Waals surface area contributed by atoms with Gasteiger partial charge in [0, 0.05) is 13.1 Å². The molecular formula is C14H15N3O. The molecule has 1 aromatic heterocycles. The van der Waals surface area contributed by atoms with E-state index in [4.69, 9.17) is 4.52 Å². The van der Waals surface area contributed by atoms with Crippen LogP contribution >= 0.6 is 0 Å². The second kappa shape index (κ2) is 3.65. The van der Waals surface area contributed by atoms with Gasteiger partial charge in [0.05, 0.1) is 11.3 Å². The van der Waals surface area contributed by atoms with Crippen LogP contribution in [0.1, 0.15) is 36.0 Å². The van der Waals surface area contributed by atoms with Crippen molar-refractivity contribution in [1.29, 1.82) is 0 Å². The zero-order chi connectivity index (χ0) is 12.0. The molecule has 4 rings (SSSR count). The molecule has 92 valence electrons. The van der Waals surface area contributed by atoms with Crippen LogP contribution in [0.4, 0.5) is 0 Å². The Hall–Kier alpha value is -1.68. The molecule has 1 N–H and O–H groups in total. The third-order valence-corrected chi connectivity index (χ3v) is 4.08. The first kappa shape index (κ1) is 10.3. The minimum absolute atomic E-state index is 0.0280. The Bertz CT molecular complexity index is 555. The molecule has 0 bridgehead atoms. The Morgan fingerprint density at radius 1 is 1.17 bits per heavy atom. The Balaban J connectivity index is 1.68. The normalized spacial score (nSPS) is 21.6. The van der Waals surface area contributed by atoms with Crippen LogP contribution in [0.15, 0.2) is 34.9 Å². The number of hydrogen-bond acceptors (Lipinski definition) is 4. The number of nitrogens with one attached hydrogen (secondary N) is 1. The first-order valence-corrected chi connectivity index (χ1v) is 6.49. The molecule has 1 aliphatic heterocycles. The zero-order valence-electron chi connectivity index (χ0n) is 10.1.